The Morgan fingerprint density at radius 3 is 2.86 bits per heavy atom. The van der Waals surface area contributed by atoms with Crippen LogP contribution in [0.15, 0.2) is 12.3 Å². The van der Waals surface area contributed by atoms with Crippen molar-refractivity contribution in [2.45, 2.75) is 32.7 Å². The third-order valence-corrected chi connectivity index (χ3v) is 3.01. The monoisotopic (exact) mass is 210 g/mol. The number of hydrogen-bond donors (Lipinski definition) is 1. The molecule has 0 atom stereocenters. The van der Waals surface area contributed by atoms with E-state index in [-0.39, 0.29) is 0 Å². The topological polar surface area (TPSA) is 24.9 Å². The molecule has 0 amide bonds. The lowest BCUT2D eigenvalue weighted by Gasteiger charge is -2.34. The van der Waals surface area contributed by atoms with Crippen molar-refractivity contribution in [1.82, 2.24) is 4.98 Å². The summed E-state index contributed by atoms with van der Waals surface area (Å²) in [5, 5.41) is 4.00. The lowest BCUT2D eigenvalue weighted by Crippen LogP contribution is -2.33. The Hall–Kier alpha value is -0.760. The number of nitrogens with one attached hydrogen (secondary N) is 1. The van der Waals surface area contributed by atoms with Gasteiger partial charge in [-0.15, -0.1) is 0 Å². The van der Waals surface area contributed by atoms with E-state index >= 15 is 0 Å². The van der Waals surface area contributed by atoms with Gasteiger partial charge in [0.25, 0.3) is 0 Å². The normalized spacial score (nSPS) is 25.6. The van der Waals surface area contributed by atoms with Gasteiger partial charge in [0.05, 0.1) is 5.69 Å². The van der Waals surface area contributed by atoms with Gasteiger partial charge in [-0.3, -0.25) is 0 Å². The van der Waals surface area contributed by atoms with E-state index < -0.39 is 0 Å². The first-order valence-corrected chi connectivity index (χ1v) is 5.41. The second-order valence-corrected chi connectivity index (χ2v) is 4.63. The molecule has 2 rings (SSSR count). The van der Waals surface area contributed by atoms with E-state index in [0.717, 1.165) is 17.2 Å². The molecule has 0 aromatic carbocycles. The van der Waals surface area contributed by atoms with Crippen LogP contribution in [0.4, 0.5) is 5.69 Å². The Labute approximate surface area is 89.7 Å². The smallest absolute Gasteiger partial charge is 0.152 e. The number of hydrogen-bond acceptors (Lipinski definition) is 2. The maximum Gasteiger partial charge on any atom is 0.152 e. The molecule has 1 heterocycles. The average Bonchev–Trinajstić information content (AvgIpc) is 2.09. The number of rotatable bonds is 2. The summed E-state index contributed by atoms with van der Waals surface area (Å²) in [7, 11) is 0. The molecule has 76 valence electrons. The van der Waals surface area contributed by atoms with Gasteiger partial charge in [-0.1, -0.05) is 18.5 Å². The van der Waals surface area contributed by atoms with Gasteiger partial charge in [0.2, 0.25) is 0 Å². The first-order valence-electron chi connectivity index (χ1n) is 5.04. The standard InChI is InChI=1S/C11H15ClN2/c1-7-3-9(4-7)14-10-5-8(2)6-13-11(10)12/h5-7,9,14H,3-4H2,1-2H3. The highest BCUT2D eigenvalue weighted by Gasteiger charge is 2.25. The molecule has 0 radical (unpaired) electrons. The molecule has 0 unspecified atom stereocenters. The maximum atomic E-state index is 5.98. The minimum Gasteiger partial charge on any atom is -0.380 e. The van der Waals surface area contributed by atoms with Crippen LogP contribution < -0.4 is 5.32 Å². The lowest BCUT2D eigenvalue weighted by molar-refractivity contribution is 0.309. The summed E-state index contributed by atoms with van der Waals surface area (Å²) in [6.45, 7) is 4.30. The lowest BCUT2D eigenvalue weighted by atomic mass is 9.82. The second-order valence-electron chi connectivity index (χ2n) is 4.27. The van der Waals surface area contributed by atoms with E-state index in [1.165, 1.54) is 12.8 Å². The van der Waals surface area contributed by atoms with Crippen LogP contribution in [0.25, 0.3) is 0 Å². The van der Waals surface area contributed by atoms with Crippen molar-refractivity contribution >= 4 is 17.3 Å². The number of aromatic nitrogens is 1. The Kier molecular flexibility index (Phi) is 2.64. The first-order chi connectivity index (χ1) is 6.65. The Morgan fingerprint density at radius 1 is 1.50 bits per heavy atom. The minimum absolute atomic E-state index is 0.579. The van der Waals surface area contributed by atoms with Crippen molar-refractivity contribution in [1.29, 1.82) is 0 Å². The Bertz CT molecular complexity index is 332. The van der Waals surface area contributed by atoms with E-state index in [0.29, 0.717) is 11.2 Å². The number of pyridine rings is 1. The summed E-state index contributed by atoms with van der Waals surface area (Å²) in [5.74, 6) is 0.851. The first kappa shape index (κ1) is 9.78. The fourth-order valence-corrected chi connectivity index (χ4v) is 2.05. The molecular weight excluding hydrogens is 196 g/mol. The number of nitrogens with zero attached hydrogens (tertiary/aromatic N) is 1. The van der Waals surface area contributed by atoms with Gasteiger partial charge in [0.1, 0.15) is 0 Å². The summed E-state index contributed by atoms with van der Waals surface area (Å²) in [6.07, 6.45) is 4.27. The van der Waals surface area contributed by atoms with Crippen molar-refractivity contribution < 1.29 is 0 Å². The Balaban J connectivity index is 2.05. The molecule has 1 aliphatic carbocycles. The van der Waals surface area contributed by atoms with E-state index in [1.54, 1.807) is 6.20 Å². The summed E-state index contributed by atoms with van der Waals surface area (Å²) >= 11 is 5.98. The third-order valence-electron chi connectivity index (χ3n) is 2.71. The summed E-state index contributed by atoms with van der Waals surface area (Å²) in [5.41, 5.74) is 2.12. The molecule has 1 saturated carbocycles. The maximum absolute atomic E-state index is 5.98. The number of anilines is 1. The van der Waals surface area contributed by atoms with Gasteiger partial charge in [-0.05, 0) is 37.3 Å². The molecule has 3 heteroatoms. The zero-order chi connectivity index (χ0) is 10.1. The predicted octanol–water partition coefficient (Wildman–Crippen LogP) is 3.25. The van der Waals surface area contributed by atoms with Crippen LogP contribution in [-0.4, -0.2) is 11.0 Å². The fourth-order valence-electron chi connectivity index (χ4n) is 1.89. The third kappa shape index (κ3) is 2.01. The van der Waals surface area contributed by atoms with Crippen molar-refractivity contribution in [2.75, 3.05) is 5.32 Å². The van der Waals surface area contributed by atoms with Crippen LogP contribution in [0.5, 0.6) is 0 Å². The molecule has 14 heavy (non-hydrogen) atoms. The van der Waals surface area contributed by atoms with Crippen LogP contribution in [0, 0.1) is 12.8 Å². The molecule has 0 spiro atoms. The van der Waals surface area contributed by atoms with Crippen molar-refractivity contribution in [3.05, 3.63) is 23.0 Å². The van der Waals surface area contributed by atoms with E-state index in [1.807, 2.05) is 6.92 Å². The van der Waals surface area contributed by atoms with Gasteiger partial charge in [-0.25, -0.2) is 4.98 Å². The molecule has 1 aromatic heterocycles. The van der Waals surface area contributed by atoms with Gasteiger partial charge < -0.3 is 5.32 Å². The number of aryl methyl sites for hydroxylation is 1. The molecule has 0 saturated heterocycles. The summed E-state index contributed by atoms with van der Waals surface area (Å²) < 4.78 is 0. The highest BCUT2D eigenvalue weighted by molar-refractivity contribution is 6.31. The zero-order valence-corrected chi connectivity index (χ0v) is 9.30. The minimum atomic E-state index is 0.579. The molecule has 1 fully saturated rings. The second kappa shape index (κ2) is 3.77. The molecule has 1 N–H and O–H groups in total. The van der Waals surface area contributed by atoms with Gasteiger partial charge >= 0.3 is 0 Å². The quantitative estimate of drug-likeness (QED) is 0.758. The fraction of sp³-hybridized carbons (Fsp3) is 0.545. The highest BCUT2D eigenvalue weighted by atomic mass is 35.5. The van der Waals surface area contributed by atoms with Crippen molar-refractivity contribution in [3.8, 4) is 0 Å². The molecule has 1 aliphatic rings. The van der Waals surface area contributed by atoms with E-state index in [4.69, 9.17) is 11.6 Å². The van der Waals surface area contributed by atoms with Crippen LogP contribution in [0.1, 0.15) is 25.3 Å². The zero-order valence-electron chi connectivity index (χ0n) is 8.55. The van der Waals surface area contributed by atoms with Crippen LogP contribution in [-0.2, 0) is 0 Å². The predicted molar refractivity (Wildman–Crippen MR) is 59.8 cm³/mol. The van der Waals surface area contributed by atoms with Crippen LogP contribution >= 0.6 is 11.6 Å². The molecule has 0 aliphatic heterocycles. The van der Waals surface area contributed by atoms with Crippen LogP contribution in [0.2, 0.25) is 5.15 Å². The van der Waals surface area contributed by atoms with Crippen molar-refractivity contribution in [2.24, 2.45) is 5.92 Å². The summed E-state index contributed by atoms with van der Waals surface area (Å²) in [6, 6.07) is 2.64. The Morgan fingerprint density at radius 2 is 2.21 bits per heavy atom. The highest BCUT2D eigenvalue weighted by Crippen LogP contribution is 2.31. The number of halogens is 1. The molecule has 1 aromatic rings. The molecule has 2 nitrogen and oxygen atoms in total. The van der Waals surface area contributed by atoms with E-state index in [9.17, 15) is 0 Å². The van der Waals surface area contributed by atoms with Crippen molar-refractivity contribution in [3.63, 3.8) is 0 Å². The van der Waals surface area contributed by atoms with Gasteiger partial charge in [0, 0.05) is 12.2 Å². The molecular formula is C11H15ClN2. The summed E-state index contributed by atoms with van der Waals surface area (Å²) in [4.78, 5) is 4.11. The van der Waals surface area contributed by atoms with Gasteiger partial charge in [-0.2, -0.15) is 0 Å². The van der Waals surface area contributed by atoms with Gasteiger partial charge in [0.15, 0.2) is 5.15 Å². The molecule has 0 bridgehead atoms. The van der Waals surface area contributed by atoms with Crippen LogP contribution in [0.3, 0.4) is 0 Å². The van der Waals surface area contributed by atoms with E-state index in [2.05, 4.69) is 23.3 Å². The average molecular weight is 211 g/mol. The largest absolute Gasteiger partial charge is 0.380 e. The SMILES string of the molecule is Cc1cnc(Cl)c(NC2CC(C)C2)c1.